The van der Waals surface area contributed by atoms with Crippen molar-refractivity contribution in [3.8, 4) is 23.1 Å². The zero-order valence-corrected chi connectivity index (χ0v) is 8.14. The first kappa shape index (κ1) is 9.93. The molecular formula is C11H7N3O2. The Labute approximate surface area is 90.6 Å². The molecule has 5 heteroatoms. The van der Waals surface area contributed by atoms with Gasteiger partial charge in [-0.1, -0.05) is 0 Å². The van der Waals surface area contributed by atoms with E-state index in [1.807, 2.05) is 6.07 Å². The zero-order chi connectivity index (χ0) is 11.5. The van der Waals surface area contributed by atoms with E-state index in [-0.39, 0.29) is 5.56 Å². The molecule has 5 nitrogen and oxygen atoms in total. The highest BCUT2D eigenvalue weighted by atomic mass is 16.3. The van der Waals surface area contributed by atoms with Crippen LogP contribution in [0.25, 0.3) is 11.1 Å². The first-order valence-electron chi connectivity index (χ1n) is 4.49. The number of aromatic amines is 1. The highest BCUT2D eigenvalue weighted by Crippen LogP contribution is 2.25. The summed E-state index contributed by atoms with van der Waals surface area (Å²) in [7, 11) is 0. The number of aromatic nitrogens is 2. The van der Waals surface area contributed by atoms with E-state index in [9.17, 15) is 9.90 Å². The van der Waals surface area contributed by atoms with Crippen molar-refractivity contribution < 1.29 is 5.11 Å². The number of aromatic hydroxyl groups is 1. The zero-order valence-electron chi connectivity index (χ0n) is 8.14. The van der Waals surface area contributed by atoms with Gasteiger partial charge in [-0.05, 0) is 17.7 Å². The van der Waals surface area contributed by atoms with Crippen molar-refractivity contribution in [2.45, 2.75) is 0 Å². The molecule has 0 radical (unpaired) electrons. The maximum absolute atomic E-state index is 11.2. The number of H-pyrrole nitrogens is 1. The normalized spacial score (nSPS) is 9.69. The van der Waals surface area contributed by atoms with Gasteiger partial charge in [-0.3, -0.25) is 14.8 Å². The van der Waals surface area contributed by atoms with Crippen LogP contribution in [-0.4, -0.2) is 15.1 Å². The molecule has 0 amide bonds. The Balaban J connectivity index is 2.75. The molecule has 78 valence electrons. The lowest BCUT2D eigenvalue weighted by atomic mass is 10.0. The molecule has 2 aromatic heterocycles. The standard InChI is InChI=1S/C11H7N3O2/c12-6-9-8(5-10(15)14-11(9)16)7-1-3-13-4-2-7/h1-5H,(H2,14,15,16). The fourth-order valence-electron chi connectivity index (χ4n) is 1.42. The molecule has 0 aromatic carbocycles. The molecule has 2 rings (SSSR count). The van der Waals surface area contributed by atoms with Crippen LogP contribution in [0.2, 0.25) is 0 Å². The molecule has 0 aliphatic rings. The minimum absolute atomic E-state index is 0.0470. The van der Waals surface area contributed by atoms with Gasteiger partial charge < -0.3 is 5.11 Å². The molecule has 2 heterocycles. The van der Waals surface area contributed by atoms with Gasteiger partial charge in [0.15, 0.2) is 0 Å². The third-order valence-corrected chi connectivity index (χ3v) is 2.13. The second kappa shape index (κ2) is 3.87. The van der Waals surface area contributed by atoms with Gasteiger partial charge in [-0.15, -0.1) is 0 Å². The van der Waals surface area contributed by atoms with Gasteiger partial charge in [0.2, 0.25) is 5.88 Å². The molecule has 0 bridgehead atoms. The number of hydrogen-bond donors (Lipinski definition) is 2. The van der Waals surface area contributed by atoms with Crippen molar-refractivity contribution in [2.75, 3.05) is 0 Å². The van der Waals surface area contributed by atoms with E-state index in [2.05, 4.69) is 9.97 Å². The van der Waals surface area contributed by atoms with Crippen LogP contribution in [0.15, 0.2) is 35.4 Å². The first-order chi connectivity index (χ1) is 7.72. The topological polar surface area (TPSA) is 89.8 Å². The maximum Gasteiger partial charge on any atom is 0.251 e. The summed E-state index contributed by atoms with van der Waals surface area (Å²) < 4.78 is 0. The summed E-state index contributed by atoms with van der Waals surface area (Å²) in [4.78, 5) is 17.2. The van der Waals surface area contributed by atoms with Gasteiger partial charge >= 0.3 is 0 Å². The van der Waals surface area contributed by atoms with Crippen LogP contribution in [0, 0.1) is 11.3 Å². The van der Waals surface area contributed by atoms with Gasteiger partial charge in [-0.2, -0.15) is 5.26 Å². The monoisotopic (exact) mass is 213 g/mol. The largest absolute Gasteiger partial charge is 0.494 e. The SMILES string of the molecule is N#Cc1c(-c2ccncc2)cc(=O)[nH]c1O. The number of pyridine rings is 2. The number of nitrogens with zero attached hydrogens (tertiary/aromatic N) is 2. The molecule has 0 fully saturated rings. The third-order valence-electron chi connectivity index (χ3n) is 2.13. The molecule has 16 heavy (non-hydrogen) atoms. The number of nitrogens with one attached hydrogen (secondary N) is 1. The molecule has 0 aliphatic carbocycles. The van der Waals surface area contributed by atoms with Crippen LogP contribution in [0.1, 0.15) is 5.56 Å². The van der Waals surface area contributed by atoms with E-state index in [0.717, 1.165) is 0 Å². The minimum Gasteiger partial charge on any atom is -0.494 e. The summed E-state index contributed by atoms with van der Waals surface area (Å²) in [6, 6.07) is 6.44. The Morgan fingerprint density at radius 2 is 2.06 bits per heavy atom. The predicted molar refractivity (Wildman–Crippen MR) is 56.7 cm³/mol. The van der Waals surface area contributed by atoms with Crippen LogP contribution in [0.3, 0.4) is 0 Å². The number of hydrogen-bond acceptors (Lipinski definition) is 4. The van der Waals surface area contributed by atoms with E-state index in [4.69, 9.17) is 5.26 Å². The van der Waals surface area contributed by atoms with E-state index in [1.165, 1.54) is 6.07 Å². The summed E-state index contributed by atoms with van der Waals surface area (Å²) in [5, 5.41) is 18.3. The summed E-state index contributed by atoms with van der Waals surface area (Å²) in [5.41, 5.74) is 0.646. The summed E-state index contributed by atoms with van der Waals surface area (Å²) >= 11 is 0. The summed E-state index contributed by atoms with van der Waals surface area (Å²) in [6.07, 6.45) is 3.10. The lowest BCUT2D eigenvalue weighted by Crippen LogP contribution is -2.06. The van der Waals surface area contributed by atoms with Crippen LogP contribution in [0.4, 0.5) is 0 Å². The molecular weight excluding hydrogens is 206 g/mol. The van der Waals surface area contributed by atoms with Crippen LogP contribution >= 0.6 is 0 Å². The number of rotatable bonds is 1. The fourth-order valence-corrected chi connectivity index (χ4v) is 1.42. The molecule has 0 atom stereocenters. The Morgan fingerprint density at radius 3 is 2.69 bits per heavy atom. The molecule has 0 aliphatic heterocycles. The van der Waals surface area contributed by atoms with Crippen LogP contribution in [-0.2, 0) is 0 Å². The van der Waals surface area contributed by atoms with Crippen LogP contribution < -0.4 is 5.56 Å². The molecule has 2 N–H and O–H groups in total. The lowest BCUT2D eigenvalue weighted by Gasteiger charge is -2.04. The van der Waals surface area contributed by atoms with Gasteiger partial charge in [-0.25, -0.2) is 0 Å². The Hall–Kier alpha value is -2.61. The quantitative estimate of drug-likeness (QED) is 0.739. The third kappa shape index (κ3) is 1.64. The summed E-state index contributed by atoms with van der Waals surface area (Å²) in [6.45, 7) is 0. The van der Waals surface area contributed by atoms with Crippen LogP contribution in [0.5, 0.6) is 5.88 Å². The second-order valence-corrected chi connectivity index (χ2v) is 3.12. The second-order valence-electron chi connectivity index (χ2n) is 3.12. The lowest BCUT2D eigenvalue weighted by molar-refractivity contribution is 0.450. The average Bonchev–Trinajstić information content (AvgIpc) is 2.29. The highest BCUT2D eigenvalue weighted by Gasteiger charge is 2.10. The Bertz CT molecular complexity index is 611. The Morgan fingerprint density at radius 1 is 1.38 bits per heavy atom. The van der Waals surface area contributed by atoms with E-state index >= 15 is 0 Å². The minimum atomic E-state index is -0.455. The van der Waals surface area contributed by atoms with Gasteiger partial charge in [0, 0.05) is 24.0 Å². The van der Waals surface area contributed by atoms with E-state index in [0.29, 0.717) is 11.1 Å². The van der Waals surface area contributed by atoms with Crippen molar-refractivity contribution in [1.29, 1.82) is 5.26 Å². The van der Waals surface area contributed by atoms with Crippen molar-refractivity contribution in [2.24, 2.45) is 0 Å². The van der Waals surface area contributed by atoms with Crippen molar-refractivity contribution in [1.82, 2.24) is 9.97 Å². The first-order valence-corrected chi connectivity index (χ1v) is 4.49. The van der Waals surface area contributed by atoms with E-state index < -0.39 is 11.4 Å². The van der Waals surface area contributed by atoms with Gasteiger partial charge in [0.1, 0.15) is 11.6 Å². The molecule has 0 unspecified atom stereocenters. The van der Waals surface area contributed by atoms with Crippen molar-refractivity contribution >= 4 is 0 Å². The number of nitriles is 1. The molecule has 0 saturated heterocycles. The molecule has 0 saturated carbocycles. The summed E-state index contributed by atoms with van der Waals surface area (Å²) in [5.74, 6) is -0.415. The predicted octanol–water partition coefficient (Wildman–Crippen LogP) is 1.01. The Kier molecular flexibility index (Phi) is 2.40. The average molecular weight is 213 g/mol. The smallest absolute Gasteiger partial charge is 0.251 e. The fraction of sp³-hybridized carbons (Fsp3) is 0. The van der Waals surface area contributed by atoms with Crippen molar-refractivity contribution in [3.63, 3.8) is 0 Å². The molecule has 2 aromatic rings. The highest BCUT2D eigenvalue weighted by molar-refractivity contribution is 5.71. The molecule has 0 spiro atoms. The maximum atomic E-state index is 11.2. The van der Waals surface area contributed by atoms with E-state index in [1.54, 1.807) is 24.5 Å². The van der Waals surface area contributed by atoms with Crippen molar-refractivity contribution in [3.05, 3.63) is 46.5 Å². The van der Waals surface area contributed by atoms with Gasteiger partial charge in [0.25, 0.3) is 5.56 Å². The van der Waals surface area contributed by atoms with Gasteiger partial charge in [0.05, 0.1) is 0 Å².